The molecule has 3 heterocycles. The second kappa shape index (κ2) is 8.57. The highest BCUT2D eigenvalue weighted by atomic mass is 16.5. The number of hydrogen-bond donors (Lipinski definition) is 1. The van der Waals surface area contributed by atoms with Crippen LogP contribution in [0, 0.1) is 0 Å². The van der Waals surface area contributed by atoms with Crippen molar-refractivity contribution in [3.8, 4) is 22.9 Å². The highest BCUT2D eigenvalue weighted by Crippen LogP contribution is 2.29. The minimum Gasteiger partial charge on any atom is -0.493 e. The third kappa shape index (κ3) is 4.17. The van der Waals surface area contributed by atoms with E-state index in [1.165, 1.54) is 31.3 Å². The van der Waals surface area contributed by atoms with Gasteiger partial charge in [-0.2, -0.15) is 0 Å². The molecule has 0 fully saturated rings. The van der Waals surface area contributed by atoms with E-state index in [9.17, 15) is 9.59 Å². The zero-order chi connectivity index (χ0) is 21.8. The van der Waals surface area contributed by atoms with Crippen molar-refractivity contribution in [2.24, 2.45) is 0 Å². The molecule has 1 amide bonds. The fourth-order valence-corrected chi connectivity index (χ4v) is 2.97. The maximum Gasteiger partial charge on any atom is 0.264 e. The molecule has 10 heteroatoms. The molecule has 0 aliphatic heterocycles. The molecule has 0 bridgehead atoms. The molecule has 0 saturated heterocycles. The molecular weight excluding hydrogens is 400 g/mol. The molecule has 156 valence electrons. The van der Waals surface area contributed by atoms with Crippen LogP contribution in [0.4, 0.5) is 5.69 Å². The molecule has 1 N–H and O–H groups in total. The summed E-state index contributed by atoms with van der Waals surface area (Å²) < 4.78 is 11.6. The number of nitrogens with zero attached hydrogens (tertiary/aromatic N) is 5. The highest BCUT2D eigenvalue weighted by molar-refractivity contribution is 5.91. The van der Waals surface area contributed by atoms with E-state index in [4.69, 9.17) is 9.47 Å². The number of ether oxygens (including phenoxy) is 2. The lowest BCUT2D eigenvalue weighted by Gasteiger charge is -2.11. The Bertz CT molecular complexity index is 1310. The minimum absolute atomic E-state index is 0.217. The number of benzene rings is 1. The summed E-state index contributed by atoms with van der Waals surface area (Å²) in [6.45, 7) is -0.222. The average molecular weight is 418 g/mol. The van der Waals surface area contributed by atoms with Crippen LogP contribution in [-0.2, 0) is 11.3 Å². The van der Waals surface area contributed by atoms with Crippen molar-refractivity contribution < 1.29 is 14.3 Å². The van der Waals surface area contributed by atoms with Gasteiger partial charge in [-0.25, -0.2) is 15.0 Å². The fourth-order valence-electron chi connectivity index (χ4n) is 2.97. The van der Waals surface area contributed by atoms with E-state index < -0.39 is 11.5 Å². The van der Waals surface area contributed by atoms with Crippen molar-refractivity contribution >= 4 is 22.6 Å². The van der Waals surface area contributed by atoms with Crippen LogP contribution in [0.2, 0.25) is 0 Å². The largest absolute Gasteiger partial charge is 0.493 e. The lowest BCUT2D eigenvalue weighted by atomic mass is 10.2. The quantitative estimate of drug-likeness (QED) is 0.504. The lowest BCUT2D eigenvalue weighted by molar-refractivity contribution is -0.116. The zero-order valence-electron chi connectivity index (χ0n) is 16.8. The van der Waals surface area contributed by atoms with E-state index in [-0.39, 0.29) is 17.6 Å². The Morgan fingerprint density at radius 2 is 1.94 bits per heavy atom. The number of fused-ring (bicyclic) bond motifs is 1. The van der Waals surface area contributed by atoms with Crippen LogP contribution in [0.25, 0.3) is 22.4 Å². The van der Waals surface area contributed by atoms with Crippen LogP contribution in [0.5, 0.6) is 11.5 Å². The molecule has 0 aliphatic rings. The predicted octanol–water partition coefficient (Wildman–Crippen LogP) is 1.90. The summed E-state index contributed by atoms with van der Waals surface area (Å²) in [7, 11) is 3.03. The first kappa shape index (κ1) is 20.0. The van der Waals surface area contributed by atoms with Crippen LogP contribution in [0.3, 0.4) is 0 Å². The van der Waals surface area contributed by atoms with Gasteiger partial charge in [0.2, 0.25) is 5.91 Å². The van der Waals surface area contributed by atoms with Crippen molar-refractivity contribution in [1.82, 2.24) is 24.5 Å². The van der Waals surface area contributed by atoms with Crippen molar-refractivity contribution in [3.05, 3.63) is 65.6 Å². The molecule has 0 aliphatic carbocycles. The number of amides is 1. The summed E-state index contributed by atoms with van der Waals surface area (Å²) in [5, 5.41) is 2.94. The maximum atomic E-state index is 12.8. The van der Waals surface area contributed by atoms with Gasteiger partial charge in [0, 0.05) is 35.9 Å². The third-order valence-electron chi connectivity index (χ3n) is 4.48. The van der Waals surface area contributed by atoms with Crippen LogP contribution in [0.1, 0.15) is 0 Å². The monoisotopic (exact) mass is 418 g/mol. The molecule has 31 heavy (non-hydrogen) atoms. The SMILES string of the molecule is COc1ccc(NC(=O)Cn2cnc3nc(-c4cccnc4)ncc3c2=O)cc1OC. The van der Waals surface area contributed by atoms with Gasteiger partial charge in [-0.3, -0.25) is 19.1 Å². The van der Waals surface area contributed by atoms with E-state index >= 15 is 0 Å². The van der Waals surface area contributed by atoms with Crippen LogP contribution >= 0.6 is 0 Å². The molecule has 0 spiro atoms. The van der Waals surface area contributed by atoms with Gasteiger partial charge in [-0.1, -0.05) is 0 Å². The predicted molar refractivity (Wildman–Crippen MR) is 113 cm³/mol. The van der Waals surface area contributed by atoms with E-state index in [2.05, 4.69) is 25.3 Å². The van der Waals surface area contributed by atoms with E-state index in [1.807, 2.05) is 6.07 Å². The number of hydrogen-bond acceptors (Lipinski definition) is 8. The highest BCUT2D eigenvalue weighted by Gasteiger charge is 2.12. The lowest BCUT2D eigenvalue weighted by Crippen LogP contribution is -2.28. The normalized spacial score (nSPS) is 10.6. The summed E-state index contributed by atoms with van der Waals surface area (Å²) in [6.07, 6.45) is 5.97. The van der Waals surface area contributed by atoms with Gasteiger partial charge in [-0.15, -0.1) is 0 Å². The van der Waals surface area contributed by atoms with E-state index in [1.54, 1.807) is 36.7 Å². The molecular formula is C21H18N6O4. The van der Waals surface area contributed by atoms with Crippen molar-refractivity contribution in [2.45, 2.75) is 6.54 Å². The Kier molecular flexibility index (Phi) is 5.52. The number of methoxy groups -OCH3 is 2. The first-order valence-corrected chi connectivity index (χ1v) is 9.23. The number of pyridine rings is 1. The Morgan fingerprint density at radius 3 is 2.68 bits per heavy atom. The molecule has 1 aromatic carbocycles. The third-order valence-corrected chi connectivity index (χ3v) is 4.48. The number of nitrogens with one attached hydrogen (secondary N) is 1. The van der Waals surface area contributed by atoms with Gasteiger partial charge in [0.15, 0.2) is 23.0 Å². The smallest absolute Gasteiger partial charge is 0.264 e. The maximum absolute atomic E-state index is 12.8. The number of aromatic nitrogens is 5. The van der Waals surface area contributed by atoms with Gasteiger partial charge < -0.3 is 14.8 Å². The summed E-state index contributed by atoms with van der Waals surface area (Å²) in [6, 6.07) is 8.56. The molecule has 4 rings (SSSR count). The molecule has 0 atom stereocenters. The van der Waals surface area contributed by atoms with Crippen LogP contribution in [-0.4, -0.2) is 44.6 Å². The van der Waals surface area contributed by atoms with Gasteiger partial charge in [0.1, 0.15) is 18.3 Å². The van der Waals surface area contributed by atoms with Crippen molar-refractivity contribution in [2.75, 3.05) is 19.5 Å². The van der Waals surface area contributed by atoms with Gasteiger partial charge in [-0.05, 0) is 24.3 Å². The summed E-state index contributed by atoms with van der Waals surface area (Å²) >= 11 is 0. The average Bonchev–Trinajstić information content (AvgIpc) is 2.81. The topological polar surface area (TPSA) is 121 Å². The van der Waals surface area contributed by atoms with Crippen molar-refractivity contribution in [1.29, 1.82) is 0 Å². The zero-order valence-corrected chi connectivity index (χ0v) is 16.8. The van der Waals surface area contributed by atoms with E-state index in [0.717, 1.165) is 0 Å². The first-order chi connectivity index (χ1) is 15.1. The Labute approximate surface area is 176 Å². The van der Waals surface area contributed by atoms with E-state index in [0.29, 0.717) is 28.6 Å². The summed E-state index contributed by atoms with van der Waals surface area (Å²) in [5.41, 5.74) is 1.05. The number of rotatable bonds is 6. The Balaban J connectivity index is 1.55. The number of anilines is 1. The number of carbonyl (C=O) groups excluding carboxylic acids is 1. The summed E-state index contributed by atoms with van der Waals surface area (Å²) in [5.74, 6) is 1.03. The van der Waals surface area contributed by atoms with Crippen molar-refractivity contribution in [3.63, 3.8) is 0 Å². The van der Waals surface area contributed by atoms with Crippen LogP contribution < -0.4 is 20.3 Å². The van der Waals surface area contributed by atoms with Gasteiger partial charge in [0.05, 0.1) is 14.2 Å². The second-order valence-electron chi connectivity index (χ2n) is 6.47. The number of carbonyl (C=O) groups is 1. The summed E-state index contributed by atoms with van der Waals surface area (Å²) in [4.78, 5) is 42.0. The molecule has 0 saturated carbocycles. The van der Waals surface area contributed by atoms with Gasteiger partial charge in [0.25, 0.3) is 5.56 Å². The molecule has 4 aromatic rings. The Hall–Kier alpha value is -4.34. The molecule has 0 radical (unpaired) electrons. The molecule has 3 aromatic heterocycles. The first-order valence-electron chi connectivity index (χ1n) is 9.23. The molecule has 0 unspecified atom stereocenters. The second-order valence-corrected chi connectivity index (χ2v) is 6.47. The van der Waals surface area contributed by atoms with Gasteiger partial charge >= 0.3 is 0 Å². The molecule has 10 nitrogen and oxygen atoms in total. The standard InChI is InChI=1S/C21H18N6O4/c1-30-16-6-5-14(8-17(16)31-2)25-18(28)11-27-12-24-20-15(21(27)29)10-23-19(26-20)13-4-3-7-22-9-13/h3-10,12H,11H2,1-2H3,(H,25,28). The van der Waals surface area contributed by atoms with Crippen LogP contribution in [0.15, 0.2) is 60.0 Å². The Morgan fingerprint density at radius 1 is 1.10 bits per heavy atom. The fraction of sp³-hybridized carbons (Fsp3) is 0.143. The minimum atomic E-state index is -0.412.